The lowest BCUT2D eigenvalue weighted by Gasteiger charge is -2.10. The number of anilines is 3. The van der Waals surface area contributed by atoms with Gasteiger partial charge < -0.3 is 20.7 Å². The highest BCUT2D eigenvalue weighted by atomic mass is 35.5. The normalized spacial score (nSPS) is 10.0. The van der Waals surface area contributed by atoms with Crippen molar-refractivity contribution >= 4 is 40.5 Å². The Kier molecular flexibility index (Phi) is 6.65. The van der Waals surface area contributed by atoms with Gasteiger partial charge in [-0.3, -0.25) is 9.59 Å². The molecule has 0 aliphatic rings. The minimum absolute atomic E-state index is 0.132. The number of carbonyl (C=O) groups is 2. The van der Waals surface area contributed by atoms with Crippen LogP contribution < -0.4 is 20.7 Å². The molecule has 7 heteroatoms. The third-order valence-corrected chi connectivity index (χ3v) is 3.60. The summed E-state index contributed by atoms with van der Waals surface area (Å²) in [7, 11) is 1.56. The molecule has 132 valence electrons. The molecule has 0 atom stereocenters. The highest BCUT2D eigenvalue weighted by molar-refractivity contribution is 6.32. The van der Waals surface area contributed by atoms with E-state index in [9.17, 15) is 9.59 Å². The third-order valence-electron chi connectivity index (χ3n) is 3.30. The second-order valence-electron chi connectivity index (χ2n) is 5.34. The van der Waals surface area contributed by atoms with Crippen molar-refractivity contribution in [2.75, 3.05) is 29.6 Å². The molecule has 0 aliphatic carbocycles. The number of halogens is 1. The van der Waals surface area contributed by atoms with E-state index in [2.05, 4.69) is 16.0 Å². The number of hydrogen-bond acceptors (Lipinski definition) is 4. The number of hydrogen-bond donors (Lipinski definition) is 3. The average molecular weight is 362 g/mol. The average Bonchev–Trinajstić information content (AvgIpc) is 2.54. The molecule has 2 aromatic carbocycles. The van der Waals surface area contributed by atoms with Crippen LogP contribution in [0.25, 0.3) is 0 Å². The van der Waals surface area contributed by atoms with Gasteiger partial charge in [0.2, 0.25) is 11.8 Å². The summed E-state index contributed by atoms with van der Waals surface area (Å²) in [5.41, 5.74) is 2.08. The van der Waals surface area contributed by atoms with Gasteiger partial charge in [0.15, 0.2) is 0 Å². The molecule has 25 heavy (non-hydrogen) atoms. The first-order valence-corrected chi connectivity index (χ1v) is 8.10. The Balaban J connectivity index is 1.82. The Hall–Kier alpha value is -2.73. The Morgan fingerprint density at radius 2 is 1.76 bits per heavy atom. The van der Waals surface area contributed by atoms with Crippen molar-refractivity contribution in [3.8, 4) is 5.75 Å². The minimum Gasteiger partial charge on any atom is -0.495 e. The molecule has 0 spiro atoms. The smallest absolute Gasteiger partial charge is 0.226 e. The fourth-order valence-corrected chi connectivity index (χ4v) is 2.46. The maximum Gasteiger partial charge on any atom is 0.226 e. The lowest BCUT2D eigenvalue weighted by molar-refractivity contribution is -0.116. The number of ether oxygens (including phenoxy) is 1. The first-order chi connectivity index (χ1) is 12.0. The number of nitrogens with one attached hydrogen (secondary N) is 3. The zero-order valence-electron chi connectivity index (χ0n) is 14.1. The highest BCUT2D eigenvalue weighted by Gasteiger charge is 2.05. The van der Waals surface area contributed by atoms with Crippen LogP contribution in [0.15, 0.2) is 42.5 Å². The van der Waals surface area contributed by atoms with Crippen molar-refractivity contribution in [3.63, 3.8) is 0 Å². The Bertz CT molecular complexity index is 765. The number of methoxy groups -OCH3 is 1. The Morgan fingerprint density at radius 3 is 2.40 bits per heavy atom. The first kappa shape index (κ1) is 18.6. The second kappa shape index (κ2) is 8.94. The van der Waals surface area contributed by atoms with Crippen LogP contribution in [0.4, 0.5) is 17.1 Å². The highest BCUT2D eigenvalue weighted by Crippen LogP contribution is 2.27. The van der Waals surface area contributed by atoms with Gasteiger partial charge in [-0.25, -0.2) is 0 Å². The van der Waals surface area contributed by atoms with E-state index in [-0.39, 0.29) is 18.2 Å². The van der Waals surface area contributed by atoms with Crippen LogP contribution in [0.2, 0.25) is 5.02 Å². The van der Waals surface area contributed by atoms with Crippen LogP contribution in [0.5, 0.6) is 5.75 Å². The monoisotopic (exact) mass is 361 g/mol. The van der Waals surface area contributed by atoms with Crippen molar-refractivity contribution in [3.05, 3.63) is 47.5 Å². The molecule has 0 aromatic heterocycles. The summed E-state index contributed by atoms with van der Waals surface area (Å²) in [6, 6.07) is 12.3. The van der Waals surface area contributed by atoms with Crippen LogP contribution in [0.3, 0.4) is 0 Å². The minimum atomic E-state index is -0.161. The predicted octanol–water partition coefficient (Wildman–Crippen LogP) is 3.75. The van der Waals surface area contributed by atoms with Gasteiger partial charge in [0, 0.05) is 37.0 Å². The molecule has 0 aliphatic heterocycles. The molecule has 2 amide bonds. The summed E-state index contributed by atoms with van der Waals surface area (Å²) < 4.78 is 5.09. The Morgan fingerprint density at radius 1 is 1.04 bits per heavy atom. The zero-order valence-corrected chi connectivity index (χ0v) is 14.8. The van der Waals surface area contributed by atoms with E-state index >= 15 is 0 Å². The fourth-order valence-electron chi connectivity index (χ4n) is 2.20. The number of amides is 2. The molecular formula is C18H20ClN3O3. The van der Waals surface area contributed by atoms with Gasteiger partial charge in [0.25, 0.3) is 0 Å². The van der Waals surface area contributed by atoms with E-state index < -0.39 is 0 Å². The van der Waals surface area contributed by atoms with E-state index in [1.54, 1.807) is 43.5 Å². The molecule has 3 N–H and O–H groups in total. The molecule has 2 aromatic rings. The maximum absolute atomic E-state index is 12.0. The van der Waals surface area contributed by atoms with Crippen LogP contribution in [0, 0.1) is 0 Å². The van der Waals surface area contributed by atoms with E-state index in [1.807, 2.05) is 6.07 Å². The van der Waals surface area contributed by atoms with Crippen molar-refractivity contribution in [2.24, 2.45) is 0 Å². The van der Waals surface area contributed by atoms with Gasteiger partial charge >= 0.3 is 0 Å². The van der Waals surface area contributed by atoms with E-state index in [0.717, 1.165) is 5.69 Å². The third kappa shape index (κ3) is 6.00. The summed E-state index contributed by atoms with van der Waals surface area (Å²) >= 11 is 6.05. The van der Waals surface area contributed by atoms with E-state index in [1.165, 1.54) is 6.92 Å². The number of rotatable bonds is 7. The molecule has 0 bridgehead atoms. The first-order valence-electron chi connectivity index (χ1n) is 7.73. The summed E-state index contributed by atoms with van der Waals surface area (Å²) in [6.07, 6.45) is 0.286. The number of carbonyl (C=O) groups excluding carboxylic acids is 2. The predicted molar refractivity (Wildman–Crippen MR) is 100 cm³/mol. The maximum atomic E-state index is 12.0. The molecular weight excluding hydrogens is 342 g/mol. The lowest BCUT2D eigenvalue weighted by atomic mass is 10.2. The van der Waals surface area contributed by atoms with Gasteiger partial charge in [0.1, 0.15) is 5.75 Å². The van der Waals surface area contributed by atoms with Crippen molar-refractivity contribution in [2.45, 2.75) is 13.3 Å². The molecule has 6 nitrogen and oxygen atoms in total. The van der Waals surface area contributed by atoms with E-state index in [0.29, 0.717) is 28.7 Å². The second-order valence-corrected chi connectivity index (χ2v) is 5.74. The van der Waals surface area contributed by atoms with Crippen LogP contribution >= 0.6 is 11.6 Å². The summed E-state index contributed by atoms with van der Waals surface area (Å²) in [5.74, 6) is 0.307. The molecule has 0 saturated heterocycles. The molecule has 0 heterocycles. The van der Waals surface area contributed by atoms with Crippen molar-refractivity contribution in [1.29, 1.82) is 0 Å². The largest absolute Gasteiger partial charge is 0.495 e. The fraction of sp³-hybridized carbons (Fsp3) is 0.222. The topological polar surface area (TPSA) is 79.5 Å². The summed E-state index contributed by atoms with van der Waals surface area (Å²) in [4.78, 5) is 23.1. The van der Waals surface area contributed by atoms with Crippen LogP contribution in [0.1, 0.15) is 13.3 Å². The molecule has 0 radical (unpaired) electrons. The zero-order chi connectivity index (χ0) is 18.2. The lowest BCUT2D eigenvalue weighted by Crippen LogP contribution is -2.16. The summed E-state index contributed by atoms with van der Waals surface area (Å²) in [5, 5.41) is 9.11. The van der Waals surface area contributed by atoms with Gasteiger partial charge in [-0.1, -0.05) is 17.7 Å². The number of benzene rings is 2. The van der Waals surface area contributed by atoms with Crippen molar-refractivity contribution in [1.82, 2.24) is 0 Å². The Labute approximate surface area is 151 Å². The SMILES string of the molecule is COc1ccc(NCCC(=O)Nc2cccc(NC(C)=O)c2)cc1Cl. The van der Waals surface area contributed by atoms with Crippen LogP contribution in [-0.2, 0) is 9.59 Å². The quantitative estimate of drug-likeness (QED) is 0.701. The summed E-state index contributed by atoms with van der Waals surface area (Å²) in [6.45, 7) is 1.89. The van der Waals surface area contributed by atoms with Gasteiger partial charge in [-0.2, -0.15) is 0 Å². The van der Waals surface area contributed by atoms with Gasteiger partial charge in [0.05, 0.1) is 12.1 Å². The van der Waals surface area contributed by atoms with Gasteiger partial charge in [-0.15, -0.1) is 0 Å². The molecule has 0 saturated carbocycles. The molecule has 2 rings (SSSR count). The van der Waals surface area contributed by atoms with E-state index in [4.69, 9.17) is 16.3 Å². The van der Waals surface area contributed by atoms with Gasteiger partial charge in [-0.05, 0) is 36.4 Å². The molecule has 0 fully saturated rings. The standard InChI is InChI=1S/C18H20ClN3O3/c1-12(23)21-14-4-3-5-15(10-14)22-18(24)8-9-20-13-6-7-17(25-2)16(19)11-13/h3-7,10-11,20H,8-9H2,1-2H3,(H,21,23)(H,22,24). The van der Waals surface area contributed by atoms with Crippen molar-refractivity contribution < 1.29 is 14.3 Å². The van der Waals surface area contributed by atoms with Crippen LogP contribution in [-0.4, -0.2) is 25.5 Å². The molecule has 0 unspecified atom stereocenters.